The van der Waals surface area contributed by atoms with E-state index in [9.17, 15) is 14.4 Å². The highest BCUT2D eigenvalue weighted by Crippen LogP contribution is 2.27. The van der Waals surface area contributed by atoms with Gasteiger partial charge in [-0.1, -0.05) is 54.6 Å². The van der Waals surface area contributed by atoms with E-state index in [-0.39, 0.29) is 19.1 Å². The first kappa shape index (κ1) is 27.9. The molecule has 8 nitrogen and oxygen atoms in total. The maximum Gasteiger partial charge on any atom is 0.337 e. The third-order valence-corrected chi connectivity index (χ3v) is 6.33. The molecule has 0 fully saturated rings. The van der Waals surface area contributed by atoms with Gasteiger partial charge in [0.2, 0.25) is 5.91 Å². The topological polar surface area (TPSA) is 108 Å². The van der Waals surface area contributed by atoms with E-state index in [1.165, 1.54) is 12.0 Å². The Morgan fingerprint density at radius 3 is 2.05 bits per heavy atom. The third kappa shape index (κ3) is 6.85. The van der Waals surface area contributed by atoms with Crippen LogP contribution in [-0.2, 0) is 22.7 Å². The Morgan fingerprint density at radius 2 is 1.43 bits per heavy atom. The highest BCUT2D eigenvalue weighted by atomic mass is 16.5. The number of amides is 2. The Kier molecular flexibility index (Phi) is 9.15. The quantitative estimate of drug-likeness (QED) is 0.271. The molecule has 0 bridgehead atoms. The molecule has 8 heteroatoms. The molecule has 0 heterocycles. The van der Waals surface area contributed by atoms with Crippen LogP contribution in [0.25, 0.3) is 0 Å². The van der Waals surface area contributed by atoms with Crippen molar-refractivity contribution < 1.29 is 28.6 Å². The smallest absolute Gasteiger partial charge is 0.337 e. The summed E-state index contributed by atoms with van der Waals surface area (Å²) < 4.78 is 15.9. The fourth-order valence-electron chi connectivity index (χ4n) is 4.26. The van der Waals surface area contributed by atoms with Crippen LogP contribution >= 0.6 is 0 Å². The second-order valence-electron chi connectivity index (χ2n) is 9.00. The van der Waals surface area contributed by atoms with E-state index in [0.717, 1.165) is 11.1 Å². The van der Waals surface area contributed by atoms with Crippen molar-refractivity contribution in [3.8, 4) is 11.5 Å². The normalized spacial score (nSPS) is 11.2. The van der Waals surface area contributed by atoms with Crippen LogP contribution in [0.15, 0.2) is 103 Å². The SMILES string of the molecule is COC(=O)c1ccc(COc2ccc(C(=O)N(Cc3cccc(OC)c3)C(C(N)=O)c3ccccc3)cc2)cc1. The predicted molar refractivity (Wildman–Crippen MR) is 150 cm³/mol. The molecule has 40 heavy (non-hydrogen) atoms. The number of nitrogens with zero attached hydrogens (tertiary/aromatic N) is 1. The fraction of sp³-hybridized carbons (Fsp3) is 0.156. The summed E-state index contributed by atoms with van der Waals surface area (Å²) in [5, 5.41) is 0. The maximum absolute atomic E-state index is 13.8. The number of rotatable bonds is 11. The summed E-state index contributed by atoms with van der Waals surface area (Å²) in [6.07, 6.45) is 0. The molecule has 4 rings (SSSR count). The predicted octanol–water partition coefficient (Wildman–Crippen LogP) is 4.93. The van der Waals surface area contributed by atoms with Gasteiger partial charge in [0.25, 0.3) is 5.91 Å². The van der Waals surface area contributed by atoms with Crippen LogP contribution in [0.5, 0.6) is 11.5 Å². The van der Waals surface area contributed by atoms with Gasteiger partial charge >= 0.3 is 5.97 Å². The average molecular weight is 539 g/mol. The van der Waals surface area contributed by atoms with E-state index in [2.05, 4.69) is 0 Å². The molecule has 4 aromatic rings. The van der Waals surface area contributed by atoms with Crippen molar-refractivity contribution in [1.82, 2.24) is 4.90 Å². The van der Waals surface area contributed by atoms with Gasteiger partial charge in [-0.05, 0) is 65.2 Å². The van der Waals surface area contributed by atoms with Gasteiger partial charge < -0.3 is 24.8 Å². The van der Waals surface area contributed by atoms with Gasteiger partial charge in [-0.3, -0.25) is 9.59 Å². The average Bonchev–Trinajstić information content (AvgIpc) is 3.00. The summed E-state index contributed by atoms with van der Waals surface area (Å²) in [7, 11) is 2.90. The van der Waals surface area contributed by atoms with Crippen molar-refractivity contribution >= 4 is 17.8 Å². The largest absolute Gasteiger partial charge is 0.497 e. The van der Waals surface area contributed by atoms with Gasteiger partial charge in [0, 0.05) is 12.1 Å². The van der Waals surface area contributed by atoms with Gasteiger partial charge in [-0.15, -0.1) is 0 Å². The number of esters is 1. The molecule has 2 N–H and O–H groups in total. The molecule has 0 saturated heterocycles. The van der Waals surface area contributed by atoms with Crippen LogP contribution in [0.1, 0.15) is 43.4 Å². The summed E-state index contributed by atoms with van der Waals surface area (Å²) in [4.78, 5) is 39.6. The molecule has 1 unspecified atom stereocenters. The zero-order chi connectivity index (χ0) is 28.5. The number of benzene rings is 4. The number of methoxy groups -OCH3 is 2. The Bertz CT molecular complexity index is 1450. The number of nitrogens with two attached hydrogens (primary N) is 1. The molecule has 0 aliphatic rings. The Balaban J connectivity index is 1.55. The number of carbonyl (C=O) groups is 3. The number of ether oxygens (including phenoxy) is 3. The number of hydrogen-bond donors (Lipinski definition) is 1. The van der Waals surface area contributed by atoms with Crippen molar-refractivity contribution in [2.24, 2.45) is 5.73 Å². The second kappa shape index (κ2) is 13.1. The van der Waals surface area contributed by atoms with E-state index >= 15 is 0 Å². The summed E-state index contributed by atoms with van der Waals surface area (Å²) in [5.74, 6) is -0.204. The Morgan fingerprint density at radius 1 is 0.750 bits per heavy atom. The first-order valence-corrected chi connectivity index (χ1v) is 12.6. The minimum absolute atomic E-state index is 0.137. The van der Waals surface area contributed by atoms with Crippen molar-refractivity contribution in [3.63, 3.8) is 0 Å². The van der Waals surface area contributed by atoms with Crippen molar-refractivity contribution in [2.45, 2.75) is 19.2 Å². The molecule has 0 aliphatic heterocycles. The lowest BCUT2D eigenvalue weighted by Crippen LogP contribution is -2.41. The van der Waals surface area contributed by atoms with Crippen molar-refractivity contribution in [1.29, 1.82) is 0 Å². The fourth-order valence-corrected chi connectivity index (χ4v) is 4.26. The molecular weight excluding hydrogens is 508 g/mol. The van der Waals surface area contributed by atoms with E-state index < -0.39 is 17.9 Å². The summed E-state index contributed by atoms with van der Waals surface area (Å²) in [6, 6.07) is 28.9. The van der Waals surface area contributed by atoms with E-state index in [0.29, 0.717) is 28.2 Å². The lowest BCUT2D eigenvalue weighted by atomic mass is 10.0. The van der Waals surface area contributed by atoms with Crippen LogP contribution in [0.3, 0.4) is 0 Å². The van der Waals surface area contributed by atoms with E-state index in [1.54, 1.807) is 79.9 Å². The van der Waals surface area contributed by atoms with Gasteiger partial charge in [0.15, 0.2) is 0 Å². The van der Waals surface area contributed by atoms with E-state index in [4.69, 9.17) is 19.9 Å². The zero-order valence-electron chi connectivity index (χ0n) is 22.3. The summed E-state index contributed by atoms with van der Waals surface area (Å²) in [5.41, 5.74) is 8.94. The molecule has 1 atom stereocenters. The Labute approximate surface area is 232 Å². The van der Waals surface area contributed by atoms with Crippen LogP contribution in [-0.4, -0.2) is 36.9 Å². The lowest BCUT2D eigenvalue weighted by Gasteiger charge is -2.30. The first-order valence-electron chi connectivity index (χ1n) is 12.6. The van der Waals surface area contributed by atoms with Gasteiger partial charge in [0.05, 0.1) is 19.8 Å². The zero-order valence-corrected chi connectivity index (χ0v) is 22.3. The highest BCUT2D eigenvalue weighted by molar-refractivity contribution is 5.97. The van der Waals surface area contributed by atoms with Crippen LogP contribution < -0.4 is 15.2 Å². The van der Waals surface area contributed by atoms with Crippen LogP contribution in [0, 0.1) is 0 Å². The molecule has 204 valence electrons. The van der Waals surface area contributed by atoms with Crippen LogP contribution in [0.4, 0.5) is 0 Å². The number of carbonyl (C=O) groups excluding carboxylic acids is 3. The molecule has 0 aromatic heterocycles. The molecule has 4 aromatic carbocycles. The monoisotopic (exact) mass is 538 g/mol. The summed E-state index contributed by atoms with van der Waals surface area (Å²) in [6.45, 7) is 0.410. The molecule has 0 radical (unpaired) electrons. The second-order valence-corrected chi connectivity index (χ2v) is 9.00. The van der Waals surface area contributed by atoms with Gasteiger partial charge in [-0.2, -0.15) is 0 Å². The highest BCUT2D eigenvalue weighted by Gasteiger charge is 2.30. The summed E-state index contributed by atoms with van der Waals surface area (Å²) >= 11 is 0. The molecular formula is C32H30N2O6. The molecule has 0 spiro atoms. The first-order chi connectivity index (χ1) is 19.4. The van der Waals surface area contributed by atoms with Crippen LogP contribution in [0.2, 0.25) is 0 Å². The standard InChI is InChI=1S/C32H30N2O6/c1-38-28-10-6-7-23(19-28)20-34(29(30(33)35)24-8-4-3-5-9-24)31(36)25-15-17-27(18-16-25)40-21-22-11-13-26(14-12-22)32(37)39-2/h3-19,29H,20-21H2,1-2H3,(H2,33,35). The third-order valence-electron chi connectivity index (χ3n) is 6.33. The van der Waals surface area contributed by atoms with Gasteiger partial charge in [0.1, 0.15) is 24.1 Å². The molecule has 2 amide bonds. The molecule has 0 aliphatic carbocycles. The van der Waals surface area contributed by atoms with Crippen molar-refractivity contribution in [3.05, 3.63) is 131 Å². The van der Waals surface area contributed by atoms with Gasteiger partial charge in [-0.25, -0.2) is 4.79 Å². The molecule has 0 saturated carbocycles. The Hall–Kier alpha value is -5.11. The van der Waals surface area contributed by atoms with E-state index in [1.807, 2.05) is 30.3 Å². The van der Waals surface area contributed by atoms with Crippen molar-refractivity contribution in [2.75, 3.05) is 14.2 Å². The minimum atomic E-state index is -0.983. The lowest BCUT2D eigenvalue weighted by molar-refractivity contribution is -0.122. The maximum atomic E-state index is 13.8. The minimum Gasteiger partial charge on any atom is -0.497 e. The number of hydrogen-bond acceptors (Lipinski definition) is 6. The number of primary amides is 1.